The van der Waals surface area contributed by atoms with Gasteiger partial charge in [-0.1, -0.05) is 39.2 Å². The summed E-state index contributed by atoms with van der Waals surface area (Å²) in [5.41, 5.74) is 1.13. The van der Waals surface area contributed by atoms with Gasteiger partial charge in [-0.2, -0.15) is 0 Å². The molecular formula is C18H37N2O2+. The first-order chi connectivity index (χ1) is 10.4. The van der Waals surface area contributed by atoms with Crippen LogP contribution in [0, 0.1) is 0 Å². The van der Waals surface area contributed by atoms with Gasteiger partial charge in [-0.25, -0.2) is 0 Å². The van der Waals surface area contributed by atoms with Gasteiger partial charge in [-0.05, 0) is 18.9 Å². The predicted molar refractivity (Wildman–Crippen MR) is 93.7 cm³/mol. The number of hydrogen-bond acceptors (Lipinski definition) is 2. The van der Waals surface area contributed by atoms with Crippen LogP contribution in [0.15, 0.2) is 12.2 Å². The van der Waals surface area contributed by atoms with E-state index < -0.39 is 0 Å². The highest BCUT2D eigenvalue weighted by Gasteiger charge is 2.20. The van der Waals surface area contributed by atoms with Crippen LogP contribution in [0.2, 0.25) is 0 Å². The SMILES string of the molecule is C=C(C)C[N+](C)(CCO)CCCNC(=O)CCCCCCC. The van der Waals surface area contributed by atoms with Gasteiger partial charge in [0.1, 0.15) is 6.54 Å². The summed E-state index contributed by atoms with van der Waals surface area (Å²) in [6.07, 6.45) is 7.49. The number of aliphatic hydroxyl groups is 1. The fraction of sp³-hybridized carbons (Fsp3) is 0.833. The third kappa shape index (κ3) is 11.8. The van der Waals surface area contributed by atoms with E-state index in [9.17, 15) is 9.90 Å². The average molecular weight is 314 g/mol. The van der Waals surface area contributed by atoms with Crippen LogP contribution in [0.25, 0.3) is 0 Å². The Morgan fingerprint density at radius 3 is 2.41 bits per heavy atom. The molecule has 1 atom stereocenters. The first kappa shape index (κ1) is 21.1. The maximum atomic E-state index is 11.7. The number of nitrogens with one attached hydrogen (secondary N) is 1. The van der Waals surface area contributed by atoms with E-state index in [0.717, 1.165) is 55.5 Å². The number of amides is 1. The van der Waals surface area contributed by atoms with Crippen molar-refractivity contribution in [1.29, 1.82) is 0 Å². The van der Waals surface area contributed by atoms with Crippen molar-refractivity contribution in [3.05, 3.63) is 12.2 Å². The average Bonchev–Trinajstić information content (AvgIpc) is 2.43. The minimum Gasteiger partial charge on any atom is -0.391 e. The number of likely N-dealkylation sites (N-methyl/N-ethyl adjacent to an activating group) is 1. The van der Waals surface area contributed by atoms with Crippen molar-refractivity contribution in [2.24, 2.45) is 0 Å². The van der Waals surface area contributed by atoms with Gasteiger partial charge in [0, 0.05) is 19.4 Å². The molecule has 0 aromatic heterocycles. The fourth-order valence-electron chi connectivity index (χ4n) is 2.83. The third-order valence-electron chi connectivity index (χ3n) is 4.00. The maximum absolute atomic E-state index is 11.7. The van der Waals surface area contributed by atoms with E-state index in [2.05, 4.69) is 25.9 Å². The lowest BCUT2D eigenvalue weighted by atomic mass is 10.1. The highest BCUT2D eigenvalue weighted by atomic mass is 16.3. The molecule has 0 aliphatic carbocycles. The van der Waals surface area contributed by atoms with E-state index in [-0.39, 0.29) is 12.5 Å². The molecule has 0 radical (unpaired) electrons. The molecule has 0 bridgehead atoms. The first-order valence-corrected chi connectivity index (χ1v) is 8.79. The van der Waals surface area contributed by atoms with Crippen LogP contribution in [0.3, 0.4) is 0 Å². The fourth-order valence-corrected chi connectivity index (χ4v) is 2.83. The quantitative estimate of drug-likeness (QED) is 0.294. The van der Waals surface area contributed by atoms with E-state index in [0.29, 0.717) is 6.42 Å². The Bertz CT molecular complexity index is 318. The highest BCUT2D eigenvalue weighted by molar-refractivity contribution is 5.75. The Kier molecular flexibility index (Phi) is 12.2. The van der Waals surface area contributed by atoms with Crippen molar-refractivity contribution in [3.63, 3.8) is 0 Å². The zero-order valence-electron chi connectivity index (χ0n) is 15.0. The van der Waals surface area contributed by atoms with Crippen molar-refractivity contribution in [1.82, 2.24) is 5.32 Å². The van der Waals surface area contributed by atoms with Crippen LogP contribution >= 0.6 is 0 Å². The second-order valence-corrected chi connectivity index (χ2v) is 6.77. The van der Waals surface area contributed by atoms with Crippen molar-refractivity contribution in [2.75, 3.05) is 39.8 Å². The number of rotatable bonds is 14. The van der Waals surface area contributed by atoms with Crippen molar-refractivity contribution < 1.29 is 14.4 Å². The number of carbonyl (C=O) groups is 1. The topological polar surface area (TPSA) is 49.3 Å². The molecule has 1 unspecified atom stereocenters. The Hall–Kier alpha value is -0.870. The lowest BCUT2D eigenvalue weighted by Gasteiger charge is -2.34. The van der Waals surface area contributed by atoms with Gasteiger partial charge in [0.2, 0.25) is 5.91 Å². The van der Waals surface area contributed by atoms with E-state index in [1.165, 1.54) is 19.3 Å². The Morgan fingerprint density at radius 2 is 1.82 bits per heavy atom. The molecule has 22 heavy (non-hydrogen) atoms. The van der Waals surface area contributed by atoms with Gasteiger partial charge >= 0.3 is 0 Å². The zero-order chi connectivity index (χ0) is 16.8. The van der Waals surface area contributed by atoms with E-state index in [4.69, 9.17) is 0 Å². The van der Waals surface area contributed by atoms with Gasteiger partial charge in [-0.3, -0.25) is 4.79 Å². The van der Waals surface area contributed by atoms with Gasteiger partial charge in [0.25, 0.3) is 0 Å². The number of aliphatic hydroxyl groups excluding tert-OH is 1. The Balaban J connectivity index is 3.79. The summed E-state index contributed by atoms with van der Waals surface area (Å²) < 4.78 is 0.790. The molecule has 4 heteroatoms. The van der Waals surface area contributed by atoms with Crippen molar-refractivity contribution >= 4 is 5.91 Å². The molecule has 0 heterocycles. The Labute approximate surface area is 137 Å². The van der Waals surface area contributed by atoms with Crippen LogP contribution in [0.5, 0.6) is 0 Å². The van der Waals surface area contributed by atoms with Crippen LogP contribution in [0.1, 0.15) is 58.8 Å². The molecule has 2 N–H and O–H groups in total. The summed E-state index contributed by atoms with van der Waals surface area (Å²) in [4.78, 5) is 11.7. The molecule has 130 valence electrons. The molecule has 0 saturated heterocycles. The number of hydrogen-bond donors (Lipinski definition) is 2. The van der Waals surface area contributed by atoms with E-state index in [1.807, 2.05) is 6.92 Å². The van der Waals surface area contributed by atoms with Crippen LogP contribution in [0.4, 0.5) is 0 Å². The molecule has 0 fully saturated rings. The lowest BCUT2D eigenvalue weighted by Crippen LogP contribution is -2.48. The van der Waals surface area contributed by atoms with E-state index >= 15 is 0 Å². The van der Waals surface area contributed by atoms with Gasteiger partial charge in [0.15, 0.2) is 0 Å². The summed E-state index contributed by atoms with van der Waals surface area (Å²) >= 11 is 0. The lowest BCUT2D eigenvalue weighted by molar-refractivity contribution is -0.905. The molecule has 0 rings (SSSR count). The minimum absolute atomic E-state index is 0.174. The smallest absolute Gasteiger partial charge is 0.219 e. The summed E-state index contributed by atoms with van der Waals surface area (Å²) in [7, 11) is 2.14. The molecule has 4 nitrogen and oxygen atoms in total. The predicted octanol–water partition coefficient (Wildman–Crippen LogP) is 2.87. The molecule has 0 aliphatic heterocycles. The highest BCUT2D eigenvalue weighted by Crippen LogP contribution is 2.08. The maximum Gasteiger partial charge on any atom is 0.219 e. The summed E-state index contributed by atoms with van der Waals surface area (Å²) in [6.45, 7) is 11.7. The molecule has 0 spiro atoms. The zero-order valence-corrected chi connectivity index (χ0v) is 15.0. The number of quaternary nitrogens is 1. The van der Waals surface area contributed by atoms with Gasteiger partial charge in [-0.15, -0.1) is 0 Å². The number of carbonyl (C=O) groups excluding carboxylic acids is 1. The summed E-state index contributed by atoms with van der Waals surface area (Å²) in [5.74, 6) is 0.174. The molecule has 0 aliphatic rings. The monoisotopic (exact) mass is 313 g/mol. The van der Waals surface area contributed by atoms with Gasteiger partial charge in [0.05, 0.1) is 26.7 Å². The van der Waals surface area contributed by atoms with Crippen LogP contribution < -0.4 is 5.32 Å². The number of nitrogens with zero attached hydrogens (tertiary/aromatic N) is 1. The van der Waals surface area contributed by atoms with Gasteiger partial charge < -0.3 is 14.9 Å². The first-order valence-electron chi connectivity index (χ1n) is 8.79. The second kappa shape index (κ2) is 12.7. The van der Waals surface area contributed by atoms with Crippen LogP contribution in [-0.4, -0.2) is 55.3 Å². The molecule has 1 amide bonds. The van der Waals surface area contributed by atoms with Crippen LogP contribution in [-0.2, 0) is 4.79 Å². The molecule has 0 aromatic carbocycles. The normalized spacial score (nSPS) is 13.6. The van der Waals surface area contributed by atoms with E-state index in [1.54, 1.807) is 0 Å². The largest absolute Gasteiger partial charge is 0.391 e. The second-order valence-electron chi connectivity index (χ2n) is 6.77. The summed E-state index contributed by atoms with van der Waals surface area (Å²) in [6, 6.07) is 0. The van der Waals surface area contributed by atoms with Crippen molar-refractivity contribution in [2.45, 2.75) is 58.8 Å². The molecule has 0 aromatic rings. The number of unbranched alkanes of at least 4 members (excludes halogenated alkanes) is 4. The molecular weight excluding hydrogens is 276 g/mol. The van der Waals surface area contributed by atoms with Crippen molar-refractivity contribution in [3.8, 4) is 0 Å². The standard InChI is InChI=1S/C18H36N2O2/c1-5-6-7-8-9-11-18(22)19-12-10-13-20(4,14-15-21)16-17(2)3/h21H,2,5-16H2,1,3-4H3/p+1. The Morgan fingerprint density at radius 1 is 1.14 bits per heavy atom. The molecule has 0 saturated carbocycles. The summed E-state index contributed by atoms with van der Waals surface area (Å²) in [5, 5.41) is 12.2. The third-order valence-corrected chi connectivity index (χ3v) is 4.00. The minimum atomic E-state index is 0.174.